The Morgan fingerprint density at radius 1 is 0.960 bits per heavy atom. The molecule has 0 saturated carbocycles. The van der Waals surface area contributed by atoms with Crippen LogP contribution in [0.3, 0.4) is 0 Å². The van der Waals surface area contributed by atoms with E-state index in [0.29, 0.717) is 11.1 Å². The largest absolute Gasteiger partial charge is 0.327 e. The molecule has 0 unspecified atom stereocenters. The lowest BCUT2D eigenvalue weighted by molar-refractivity contribution is -0.132. The monoisotopic (exact) mass is 360 g/mol. The van der Waals surface area contributed by atoms with Crippen molar-refractivity contribution in [2.24, 2.45) is 0 Å². The van der Waals surface area contributed by atoms with Crippen LogP contribution in [0.15, 0.2) is 60.7 Å². The van der Waals surface area contributed by atoms with Crippen LogP contribution in [0.1, 0.15) is 11.1 Å². The predicted molar refractivity (Wildman–Crippen MR) is 89.8 cm³/mol. The normalized spacial score (nSPS) is 16.8. The molecule has 130 valence electrons. The summed E-state index contributed by atoms with van der Waals surface area (Å²) in [6, 6.07) is 16.8. The minimum atomic E-state index is -3.80. The molecule has 0 aliphatic carbocycles. The van der Waals surface area contributed by atoms with Crippen LogP contribution in [0.25, 0.3) is 0 Å². The molecule has 2 aromatic carbocycles. The molecule has 1 saturated heterocycles. The van der Waals surface area contributed by atoms with E-state index in [4.69, 9.17) is 0 Å². The van der Waals surface area contributed by atoms with Crippen LogP contribution in [0.5, 0.6) is 0 Å². The number of hydrogen-bond acceptors (Lipinski definition) is 5. The van der Waals surface area contributed by atoms with Crippen molar-refractivity contribution in [3.63, 3.8) is 0 Å². The lowest BCUT2D eigenvalue weighted by Gasteiger charge is -2.27. The Morgan fingerprint density at radius 3 is 1.88 bits per heavy atom. The van der Waals surface area contributed by atoms with Crippen molar-refractivity contribution in [2.45, 2.75) is 5.54 Å². The molecule has 3 amide bonds. The molecule has 7 nitrogen and oxygen atoms in total. The first-order valence-electron chi connectivity index (χ1n) is 7.44. The fraction of sp³-hybridized carbons (Fsp3) is 0.176. The number of imide groups is 1. The van der Waals surface area contributed by atoms with Gasteiger partial charge < -0.3 is 5.32 Å². The van der Waals surface area contributed by atoms with Crippen LogP contribution in [-0.4, -0.2) is 38.2 Å². The zero-order valence-corrected chi connectivity index (χ0v) is 14.2. The summed E-state index contributed by atoms with van der Waals surface area (Å²) in [5.41, 5.74) is -0.289. The first kappa shape index (κ1) is 17.1. The zero-order valence-electron chi connectivity index (χ0n) is 13.4. The van der Waals surface area contributed by atoms with Gasteiger partial charge in [0.1, 0.15) is 6.73 Å². The molecule has 25 heavy (non-hydrogen) atoms. The average molecular weight is 360 g/mol. The Labute approximate surface area is 145 Å². The van der Waals surface area contributed by atoms with E-state index < -0.39 is 34.3 Å². The van der Waals surface area contributed by atoms with E-state index in [1.54, 1.807) is 60.7 Å². The lowest BCUT2D eigenvalue weighted by atomic mass is 9.83. The van der Waals surface area contributed by atoms with Crippen molar-refractivity contribution < 1.29 is 22.2 Å². The smallest absolute Gasteiger partial charge is 0.315 e. The maximum atomic E-state index is 13.1. The predicted octanol–water partition coefficient (Wildman–Crippen LogP) is 1.42. The molecular weight excluding hydrogens is 344 g/mol. The summed E-state index contributed by atoms with van der Waals surface area (Å²) in [6.45, 7) is -0.676. The summed E-state index contributed by atoms with van der Waals surface area (Å²) in [6.07, 6.45) is 0.854. The maximum absolute atomic E-state index is 13.1. The third-order valence-corrected chi connectivity index (χ3v) is 4.45. The van der Waals surface area contributed by atoms with Gasteiger partial charge in [0, 0.05) is 0 Å². The Balaban J connectivity index is 2.08. The van der Waals surface area contributed by atoms with Gasteiger partial charge in [0.15, 0.2) is 5.54 Å². The van der Waals surface area contributed by atoms with Crippen LogP contribution < -0.4 is 5.32 Å². The van der Waals surface area contributed by atoms with Gasteiger partial charge >= 0.3 is 6.03 Å². The molecule has 1 fully saturated rings. The van der Waals surface area contributed by atoms with Crippen molar-refractivity contribution >= 4 is 22.1 Å². The van der Waals surface area contributed by atoms with Gasteiger partial charge in [-0.3, -0.25) is 4.79 Å². The fourth-order valence-electron chi connectivity index (χ4n) is 2.78. The van der Waals surface area contributed by atoms with Gasteiger partial charge in [-0.15, -0.1) is 0 Å². The summed E-state index contributed by atoms with van der Waals surface area (Å²) < 4.78 is 27.1. The van der Waals surface area contributed by atoms with Crippen molar-refractivity contribution in [3.8, 4) is 0 Å². The van der Waals surface area contributed by atoms with Crippen LogP contribution >= 0.6 is 0 Å². The molecule has 0 spiro atoms. The van der Waals surface area contributed by atoms with E-state index in [9.17, 15) is 18.0 Å². The van der Waals surface area contributed by atoms with Crippen LogP contribution in [0, 0.1) is 0 Å². The molecule has 1 aliphatic heterocycles. The number of amides is 3. The molecule has 3 rings (SSSR count). The third kappa shape index (κ3) is 3.13. The van der Waals surface area contributed by atoms with Crippen LogP contribution in [0.4, 0.5) is 4.79 Å². The second-order valence-corrected chi connectivity index (χ2v) is 7.24. The zero-order chi connectivity index (χ0) is 18.1. The molecule has 0 aromatic heterocycles. The van der Waals surface area contributed by atoms with Gasteiger partial charge in [0.05, 0.1) is 6.26 Å². The number of carbonyl (C=O) groups excluding carboxylic acids is 2. The first-order valence-corrected chi connectivity index (χ1v) is 9.26. The summed E-state index contributed by atoms with van der Waals surface area (Å²) in [7, 11) is -3.80. The third-order valence-electron chi connectivity index (χ3n) is 3.92. The summed E-state index contributed by atoms with van der Waals surface area (Å²) in [4.78, 5) is 26.3. The second kappa shape index (κ2) is 6.30. The topological polar surface area (TPSA) is 92.8 Å². The van der Waals surface area contributed by atoms with Crippen molar-refractivity contribution in [1.82, 2.24) is 10.2 Å². The van der Waals surface area contributed by atoms with Gasteiger partial charge in [0.25, 0.3) is 16.0 Å². The van der Waals surface area contributed by atoms with E-state index in [0.717, 1.165) is 11.2 Å². The number of carbonyl (C=O) groups is 2. The molecule has 1 aliphatic rings. The Bertz CT molecular complexity index is 858. The molecule has 0 bridgehead atoms. The van der Waals surface area contributed by atoms with Crippen molar-refractivity contribution in [3.05, 3.63) is 71.8 Å². The SMILES string of the molecule is CS(=O)(=O)OCN1C(=O)NC(c2ccccc2)(c2ccccc2)C1=O. The quantitative estimate of drug-likeness (QED) is 0.643. The molecule has 0 atom stereocenters. The first-order chi connectivity index (χ1) is 11.8. The fourth-order valence-corrected chi connectivity index (χ4v) is 3.07. The highest BCUT2D eigenvalue weighted by atomic mass is 32.2. The summed E-state index contributed by atoms with van der Waals surface area (Å²) >= 11 is 0. The van der Waals surface area contributed by atoms with Gasteiger partial charge in [-0.2, -0.15) is 8.42 Å². The molecule has 1 N–H and O–H groups in total. The number of urea groups is 1. The Hall–Kier alpha value is -2.71. The van der Waals surface area contributed by atoms with E-state index in [-0.39, 0.29) is 0 Å². The van der Waals surface area contributed by atoms with Gasteiger partial charge in [-0.05, 0) is 11.1 Å². The summed E-state index contributed by atoms with van der Waals surface area (Å²) in [5.74, 6) is -0.599. The molecule has 2 aromatic rings. The number of nitrogens with zero attached hydrogens (tertiary/aromatic N) is 1. The Morgan fingerprint density at radius 2 is 1.44 bits per heavy atom. The van der Waals surface area contributed by atoms with E-state index in [1.807, 2.05) is 0 Å². The number of benzene rings is 2. The lowest BCUT2D eigenvalue weighted by Crippen LogP contribution is -2.45. The average Bonchev–Trinajstić information content (AvgIpc) is 2.85. The Kier molecular flexibility index (Phi) is 4.32. The second-order valence-electron chi connectivity index (χ2n) is 5.60. The number of nitrogens with one attached hydrogen (secondary N) is 1. The molecule has 8 heteroatoms. The highest BCUT2D eigenvalue weighted by molar-refractivity contribution is 7.85. The van der Waals surface area contributed by atoms with Crippen molar-refractivity contribution in [2.75, 3.05) is 13.0 Å². The van der Waals surface area contributed by atoms with Crippen LogP contribution in [0.2, 0.25) is 0 Å². The molecule has 1 heterocycles. The highest BCUT2D eigenvalue weighted by Gasteiger charge is 2.53. The maximum Gasteiger partial charge on any atom is 0.327 e. The van der Waals surface area contributed by atoms with E-state index in [2.05, 4.69) is 9.50 Å². The number of hydrogen-bond donors (Lipinski definition) is 1. The standard InChI is InChI=1S/C17H16N2O5S/c1-25(22,23)24-12-19-15(20)17(18-16(19)21,13-8-4-2-5-9-13)14-10-6-3-7-11-14/h2-11H,12H2,1H3,(H,18,21). The van der Waals surface area contributed by atoms with E-state index >= 15 is 0 Å². The van der Waals surface area contributed by atoms with Gasteiger partial charge in [-0.25, -0.2) is 13.9 Å². The van der Waals surface area contributed by atoms with Gasteiger partial charge in [0.2, 0.25) is 0 Å². The summed E-state index contributed by atoms with van der Waals surface area (Å²) in [5, 5.41) is 2.70. The highest BCUT2D eigenvalue weighted by Crippen LogP contribution is 2.35. The molecule has 0 radical (unpaired) electrons. The van der Waals surface area contributed by atoms with Crippen molar-refractivity contribution in [1.29, 1.82) is 0 Å². The minimum absolute atomic E-state index is 0.571. The molecular formula is C17H16N2O5S. The van der Waals surface area contributed by atoms with Crippen LogP contribution in [-0.2, 0) is 24.6 Å². The minimum Gasteiger partial charge on any atom is -0.315 e. The number of rotatable bonds is 5. The van der Waals surface area contributed by atoms with Gasteiger partial charge in [-0.1, -0.05) is 60.7 Å². The van der Waals surface area contributed by atoms with E-state index in [1.165, 1.54) is 0 Å².